The van der Waals surface area contributed by atoms with Crippen molar-refractivity contribution in [3.05, 3.63) is 30.3 Å². The molecule has 1 fully saturated rings. The first-order valence-electron chi connectivity index (χ1n) is 6.74. The van der Waals surface area contributed by atoms with Gasteiger partial charge in [0.15, 0.2) is 0 Å². The summed E-state index contributed by atoms with van der Waals surface area (Å²) in [5.41, 5.74) is 1.52. The van der Waals surface area contributed by atoms with Gasteiger partial charge in [-0.05, 0) is 32.0 Å². The SMILES string of the molecule is CNCC1(CN(C)c2ccccc2)CCCOC1. The van der Waals surface area contributed by atoms with Crippen molar-refractivity contribution in [1.29, 1.82) is 0 Å². The Bertz CT molecular complexity index is 341. The molecule has 0 aliphatic carbocycles. The molecule has 1 unspecified atom stereocenters. The molecule has 1 saturated heterocycles. The lowest BCUT2D eigenvalue weighted by molar-refractivity contribution is -0.00183. The molecule has 1 aromatic carbocycles. The number of anilines is 1. The molecule has 1 aliphatic heterocycles. The normalized spacial score (nSPS) is 23.9. The van der Waals surface area contributed by atoms with Crippen LogP contribution in [0.3, 0.4) is 0 Å². The van der Waals surface area contributed by atoms with Gasteiger partial charge in [0.05, 0.1) is 6.61 Å². The van der Waals surface area contributed by atoms with Crippen LogP contribution in [0.15, 0.2) is 30.3 Å². The third-order valence-electron chi connectivity index (χ3n) is 3.73. The molecule has 1 aliphatic rings. The van der Waals surface area contributed by atoms with Crippen LogP contribution in [0.1, 0.15) is 12.8 Å². The lowest BCUT2D eigenvalue weighted by Gasteiger charge is -2.40. The predicted molar refractivity (Wildman–Crippen MR) is 76.1 cm³/mol. The number of hydrogen-bond donors (Lipinski definition) is 1. The zero-order valence-electron chi connectivity index (χ0n) is 11.5. The maximum absolute atomic E-state index is 5.71. The van der Waals surface area contributed by atoms with Crippen molar-refractivity contribution in [2.75, 3.05) is 45.3 Å². The van der Waals surface area contributed by atoms with Crippen molar-refractivity contribution in [2.45, 2.75) is 12.8 Å². The Kier molecular flexibility index (Phi) is 4.61. The van der Waals surface area contributed by atoms with Crippen LogP contribution in [-0.2, 0) is 4.74 Å². The number of para-hydroxylation sites is 1. The second-order valence-corrected chi connectivity index (χ2v) is 5.38. The van der Waals surface area contributed by atoms with E-state index in [0.29, 0.717) is 0 Å². The summed E-state index contributed by atoms with van der Waals surface area (Å²) in [4.78, 5) is 2.34. The second kappa shape index (κ2) is 6.21. The van der Waals surface area contributed by atoms with Crippen LogP contribution in [0.5, 0.6) is 0 Å². The lowest BCUT2D eigenvalue weighted by Crippen LogP contribution is -2.47. The van der Waals surface area contributed by atoms with E-state index in [4.69, 9.17) is 4.74 Å². The fourth-order valence-corrected chi connectivity index (χ4v) is 2.88. The molecule has 3 nitrogen and oxygen atoms in total. The average Bonchev–Trinajstić information content (AvgIpc) is 2.41. The summed E-state index contributed by atoms with van der Waals surface area (Å²) < 4.78 is 5.71. The minimum absolute atomic E-state index is 0.248. The number of nitrogens with zero attached hydrogens (tertiary/aromatic N) is 1. The van der Waals surface area contributed by atoms with Crippen LogP contribution in [0.4, 0.5) is 5.69 Å². The van der Waals surface area contributed by atoms with Gasteiger partial charge in [-0.25, -0.2) is 0 Å². The van der Waals surface area contributed by atoms with Gasteiger partial charge in [0.25, 0.3) is 0 Å². The monoisotopic (exact) mass is 248 g/mol. The summed E-state index contributed by atoms with van der Waals surface area (Å²) in [6, 6.07) is 10.6. The van der Waals surface area contributed by atoms with E-state index in [0.717, 1.165) is 26.3 Å². The molecule has 3 heteroatoms. The number of hydrogen-bond acceptors (Lipinski definition) is 3. The second-order valence-electron chi connectivity index (χ2n) is 5.38. The highest BCUT2D eigenvalue weighted by Crippen LogP contribution is 2.30. The highest BCUT2D eigenvalue weighted by atomic mass is 16.5. The molecule has 0 bridgehead atoms. The molecule has 18 heavy (non-hydrogen) atoms. The van der Waals surface area contributed by atoms with Crippen LogP contribution in [-0.4, -0.2) is 40.4 Å². The molecule has 100 valence electrons. The highest BCUT2D eigenvalue weighted by Gasteiger charge is 2.33. The molecule has 1 atom stereocenters. The summed E-state index contributed by atoms with van der Waals surface area (Å²) in [6.07, 6.45) is 2.41. The molecule has 0 aromatic heterocycles. The summed E-state index contributed by atoms with van der Waals surface area (Å²) in [7, 11) is 4.19. The molecule has 0 amide bonds. The van der Waals surface area contributed by atoms with Gasteiger partial charge in [0.1, 0.15) is 0 Å². The zero-order chi connectivity index (χ0) is 12.8. The third kappa shape index (κ3) is 3.24. The van der Waals surface area contributed by atoms with Crippen molar-refractivity contribution in [2.24, 2.45) is 5.41 Å². The van der Waals surface area contributed by atoms with Gasteiger partial charge >= 0.3 is 0 Å². The first kappa shape index (κ1) is 13.4. The Morgan fingerprint density at radius 2 is 2.11 bits per heavy atom. The molecule has 0 spiro atoms. The highest BCUT2D eigenvalue weighted by molar-refractivity contribution is 5.45. The summed E-state index contributed by atoms with van der Waals surface area (Å²) in [5, 5.41) is 3.33. The first-order valence-corrected chi connectivity index (χ1v) is 6.74. The topological polar surface area (TPSA) is 24.5 Å². The van der Waals surface area contributed by atoms with E-state index in [1.54, 1.807) is 0 Å². The van der Waals surface area contributed by atoms with Gasteiger partial charge in [-0.1, -0.05) is 18.2 Å². The van der Waals surface area contributed by atoms with E-state index in [2.05, 4.69) is 47.6 Å². The number of nitrogens with one attached hydrogen (secondary N) is 1. The molecule has 1 aromatic rings. The van der Waals surface area contributed by atoms with Gasteiger partial charge in [0, 0.05) is 37.8 Å². The van der Waals surface area contributed by atoms with Crippen molar-refractivity contribution >= 4 is 5.69 Å². The molecule has 1 heterocycles. The van der Waals surface area contributed by atoms with E-state index in [1.165, 1.54) is 18.5 Å². The molecular weight excluding hydrogens is 224 g/mol. The van der Waals surface area contributed by atoms with Crippen LogP contribution < -0.4 is 10.2 Å². The molecular formula is C15H24N2O. The minimum Gasteiger partial charge on any atom is -0.381 e. The van der Waals surface area contributed by atoms with Crippen LogP contribution in [0, 0.1) is 5.41 Å². The summed E-state index contributed by atoms with van der Waals surface area (Å²) >= 11 is 0. The third-order valence-corrected chi connectivity index (χ3v) is 3.73. The minimum atomic E-state index is 0.248. The maximum atomic E-state index is 5.71. The Morgan fingerprint density at radius 1 is 1.33 bits per heavy atom. The fourth-order valence-electron chi connectivity index (χ4n) is 2.88. The van der Waals surface area contributed by atoms with E-state index >= 15 is 0 Å². The number of ether oxygens (including phenoxy) is 1. The van der Waals surface area contributed by atoms with E-state index < -0.39 is 0 Å². The van der Waals surface area contributed by atoms with E-state index in [-0.39, 0.29) is 5.41 Å². The Balaban J connectivity index is 2.04. The van der Waals surface area contributed by atoms with Crippen LogP contribution in [0.2, 0.25) is 0 Å². The quantitative estimate of drug-likeness (QED) is 0.864. The number of rotatable bonds is 5. The van der Waals surface area contributed by atoms with Crippen molar-refractivity contribution in [3.63, 3.8) is 0 Å². The van der Waals surface area contributed by atoms with Crippen molar-refractivity contribution in [1.82, 2.24) is 5.32 Å². The van der Waals surface area contributed by atoms with Gasteiger partial charge in [-0.2, -0.15) is 0 Å². The van der Waals surface area contributed by atoms with Gasteiger partial charge in [-0.3, -0.25) is 0 Å². The van der Waals surface area contributed by atoms with Crippen LogP contribution >= 0.6 is 0 Å². The molecule has 2 rings (SSSR count). The predicted octanol–water partition coefficient (Wildman–Crippen LogP) is 2.14. The van der Waals surface area contributed by atoms with Gasteiger partial charge in [0.2, 0.25) is 0 Å². The molecule has 1 N–H and O–H groups in total. The molecule has 0 radical (unpaired) electrons. The first-order chi connectivity index (χ1) is 8.76. The molecule has 0 saturated carbocycles. The maximum Gasteiger partial charge on any atom is 0.0551 e. The summed E-state index contributed by atoms with van der Waals surface area (Å²) in [5.74, 6) is 0. The number of benzene rings is 1. The fraction of sp³-hybridized carbons (Fsp3) is 0.600. The van der Waals surface area contributed by atoms with Gasteiger partial charge in [-0.15, -0.1) is 0 Å². The van der Waals surface area contributed by atoms with Gasteiger partial charge < -0.3 is 15.0 Å². The Morgan fingerprint density at radius 3 is 2.72 bits per heavy atom. The van der Waals surface area contributed by atoms with Crippen LogP contribution in [0.25, 0.3) is 0 Å². The van der Waals surface area contributed by atoms with E-state index in [1.807, 2.05) is 7.05 Å². The average molecular weight is 248 g/mol. The van der Waals surface area contributed by atoms with E-state index in [9.17, 15) is 0 Å². The Labute approximate surface area is 110 Å². The van der Waals surface area contributed by atoms with Crippen molar-refractivity contribution in [3.8, 4) is 0 Å². The largest absolute Gasteiger partial charge is 0.381 e. The lowest BCUT2D eigenvalue weighted by atomic mass is 9.81. The Hall–Kier alpha value is -1.06. The standard InChI is InChI=1S/C15H24N2O/c1-16-11-15(9-6-10-18-13-15)12-17(2)14-7-4-3-5-8-14/h3-5,7-8,16H,6,9-13H2,1-2H3. The smallest absolute Gasteiger partial charge is 0.0551 e. The zero-order valence-corrected chi connectivity index (χ0v) is 11.5. The summed E-state index contributed by atoms with van der Waals surface area (Å²) in [6.45, 7) is 3.84. The van der Waals surface area contributed by atoms with Crippen molar-refractivity contribution < 1.29 is 4.74 Å².